The first-order chi connectivity index (χ1) is 17.6. The summed E-state index contributed by atoms with van der Waals surface area (Å²) in [6.07, 6.45) is -4.46. The molecule has 2 N–H and O–H groups in total. The lowest BCUT2D eigenvalue weighted by Crippen LogP contribution is -2.29. The molecule has 0 aliphatic heterocycles. The summed E-state index contributed by atoms with van der Waals surface area (Å²) >= 11 is 7.62. The number of aryl methyl sites for hydroxylation is 1. The van der Waals surface area contributed by atoms with E-state index in [-0.39, 0.29) is 18.0 Å². The number of nitrogens with one attached hydrogen (secondary N) is 2. The molecule has 0 unspecified atom stereocenters. The number of aromatic nitrogens is 3. The van der Waals surface area contributed by atoms with E-state index in [4.69, 9.17) is 11.6 Å². The first-order valence-corrected chi connectivity index (χ1v) is 12.3. The summed E-state index contributed by atoms with van der Waals surface area (Å²) in [7, 11) is 0. The van der Waals surface area contributed by atoms with E-state index in [1.807, 2.05) is 13.0 Å². The van der Waals surface area contributed by atoms with Crippen LogP contribution in [0.1, 0.15) is 22.5 Å². The number of halogens is 5. The number of thioether (sulfide) groups is 1. The van der Waals surface area contributed by atoms with Crippen LogP contribution in [0.2, 0.25) is 5.02 Å². The van der Waals surface area contributed by atoms with Crippen molar-refractivity contribution in [2.24, 2.45) is 0 Å². The Kier molecular flexibility index (Phi) is 8.03. The maximum absolute atomic E-state index is 13.2. The number of nitrogens with zero attached hydrogens (tertiary/aromatic N) is 3. The minimum atomic E-state index is -4.46. The van der Waals surface area contributed by atoms with E-state index in [9.17, 15) is 22.4 Å². The number of urea groups is 1. The Morgan fingerprint density at radius 2 is 1.73 bits per heavy atom. The lowest BCUT2D eigenvalue weighted by molar-refractivity contribution is -0.137. The number of hydrogen-bond acceptors (Lipinski definition) is 4. The second-order valence-electron chi connectivity index (χ2n) is 7.96. The molecule has 4 aromatic rings. The van der Waals surface area contributed by atoms with E-state index in [1.54, 1.807) is 28.8 Å². The van der Waals surface area contributed by atoms with Crippen molar-refractivity contribution >= 4 is 35.1 Å². The maximum atomic E-state index is 13.2. The van der Waals surface area contributed by atoms with Crippen molar-refractivity contribution in [1.82, 2.24) is 20.1 Å². The number of amides is 2. The summed E-state index contributed by atoms with van der Waals surface area (Å²) in [6, 6.07) is 15.0. The van der Waals surface area contributed by atoms with Crippen LogP contribution in [0.5, 0.6) is 0 Å². The molecule has 0 radical (unpaired) electrons. The molecule has 4 rings (SSSR count). The van der Waals surface area contributed by atoms with Crippen LogP contribution in [0.15, 0.2) is 71.9 Å². The van der Waals surface area contributed by atoms with Gasteiger partial charge in [-0.1, -0.05) is 41.6 Å². The van der Waals surface area contributed by atoms with Gasteiger partial charge in [0.2, 0.25) is 0 Å². The fourth-order valence-corrected chi connectivity index (χ4v) is 4.47. The summed E-state index contributed by atoms with van der Waals surface area (Å²) in [5, 5.41) is 14.7. The summed E-state index contributed by atoms with van der Waals surface area (Å²) in [5.74, 6) is 0.587. The Balaban J connectivity index is 1.51. The van der Waals surface area contributed by atoms with Crippen molar-refractivity contribution in [2.75, 3.05) is 5.32 Å². The van der Waals surface area contributed by atoms with Gasteiger partial charge in [-0.25, -0.2) is 9.18 Å². The van der Waals surface area contributed by atoms with Crippen LogP contribution in [0.3, 0.4) is 0 Å². The van der Waals surface area contributed by atoms with Gasteiger partial charge in [-0.15, -0.1) is 10.2 Å². The molecule has 0 fully saturated rings. The predicted octanol–water partition coefficient (Wildman–Crippen LogP) is 7.00. The van der Waals surface area contributed by atoms with E-state index in [1.165, 1.54) is 36.0 Å². The topological polar surface area (TPSA) is 71.8 Å². The molecule has 6 nitrogen and oxygen atoms in total. The molecule has 12 heteroatoms. The summed E-state index contributed by atoms with van der Waals surface area (Å²) in [5.41, 5.74) is 1.89. The first-order valence-electron chi connectivity index (χ1n) is 10.9. The van der Waals surface area contributed by atoms with Crippen LogP contribution in [-0.2, 0) is 18.5 Å². The molecular weight excluding hydrogens is 530 g/mol. The maximum Gasteiger partial charge on any atom is 0.416 e. The predicted molar refractivity (Wildman–Crippen MR) is 134 cm³/mol. The SMILES string of the molecule is Cc1ccc(Cl)cc1-n1c(CNC(=O)Nc2ccc(C(F)(F)F)cc2)nnc1SCc1ccc(F)cc1. The van der Waals surface area contributed by atoms with Gasteiger partial charge in [0.05, 0.1) is 17.8 Å². The summed E-state index contributed by atoms with van der Waals surface area (Å²) < 4.78 is 53.3. The van der Waals surface area contributed by atoms with Crippen LogP contribution < -0.4 is 10.6 Å². The van der Waals surface area contributed by atoms with Crippen LogP contribution in [-0.4, -0.2) is 20.8 Å². The molecule has 0 aliphatic rings. The van der Waals surface area contributed by atoms with Crippen LogP contribution in [0.25, 0.3) is 5.69 Å². The van der Waals surface area contributed by atoms with Gasteiger partial charge in [-0.05, 0) is 66.6 Å². The quantitative estimate of drug-likeness (QED) is 0.192. The molecule has 3 aromatic carbocycles. The second-order valence-corrected chi connectivity index (χ2v) is 9.34. The van der Waals surface area contributed by atoms with Crippen molar-refractivity contribution in [3.8, 4) is 5.69 Å². The van der Waals surface area contributed by atoms with Gasteiger partial charge in [0.1, 0.15) is 5.82 Å². The molecule has 0 saturated heterocycles. The molecule has 0 bridgehead atoms. The highest BCUT2D eigenvalue weighted by Gasteiger charge is 2.30. The fraction of sp³-hybridized carbons (Fsp3) is 0.160. The average Bonchev–Trinajstić information content (AvgIpc) is 3.26. The fourth-order valence-electron chi connectivity index (χ4n) is 3.38. The number of hydrogen-bond donors (Lipinski definition) is 2. The molecule has 1 aromatic heterocycles. The normalized spacial score (nSPS) is 11.4. The van der Waals surface area contributed by atoms with Gasteiger partial charge in [0, 0.05) is 16.5 Å². The van der Waals surface area contributed by atoms with Crippen molar-refractivity contribution in [2.45, 2.75) is 30.6 Å². The Morgan fingerprint density at radius 1 is 1.03 bits per heavy atom. The zero-order chi connectivity index (χ0) is 26.6. The van der Waals surface area contributed by atoms with E-state index >= 15 is 0 Å². The first kappa shape index (κ1) is 26.5. The molecular formula is C25H20ClF4N5OS. The Hall–Kier alpha value is -3.57. The van der Waals surface area contributed by atoms with Gasteiger partial charge >= 0.3 is 12.2 Å². The van der Waals surface area contributed by atoms with Crippen molar-refractivity contribution < 1.29 is 22.4 Å². The van der Waals surface area contributed by atoms with E-state index in [2.05, 4.69) is 20.8 Å². The minimum Gasteiger partial charge on any atom is -0.331 e. The monoisotopic (exact) mass is 549 g/mol. The molecule has 0 saturated carbocycles. The van der Waals surface area contributed by atoms with Gasteiger partial charge in [0.15, 0.2) is 11.0 Å². The smallest absolute Gasteiger partial charge is 0.331 e. The summed E-state index contributed by atoms with van der Waals surface area (Å²) in [4.78, 5) is 12.4. The van der Waals surface area contributed by atoms with Gasteiger partial charge < -0.3 is 10.6 Å². The number of benzene rings is 3. The highest BCUT2D eigenvalue weighted by molar-refractivity contribution is 7.98. The van der Waals surface area contributed by atoms with Crippen molar-refractivity contribution in [3.05, 3.63) is 100 Å². The van der Waals surface area contributed by atoms with Gasteiger partial charge in [-0.3, -0.25) is 4.57 Å². The van der Waals surface area contributed by atoms with E-state index in [0.717, 1.165) is 28.9 Å². The average molecular weight is 550 g/mol. The zero-order valence-electron chi connectivity index (χ0n) is 19.3. The third kappa shape index (κ3) is 6.80. The van der Waals surface area contributed by atoms with E-state index in [0.29, 0.717) is 21.8 Å². The Labute approximate surface area is 219 Å². The van der Waals surface area contributed by atoms with Gasteiger partial charge in [-0.2, -0.15) is 13.2 Å². The molecule has 37 heavy (non-hydrogen) atoms. The standard InChI is InChI=1S/C25H20ClF4N5OS/c1-15-2-7-18(26)12-21(15)35-22(33-34-24(35)37-14-16-3-8-19(27)9-4-16)13-31-23(36)32-20-10-5-17(6-11-20)25(28,29)30/h2-12H,13-14H2,1H3,(H2,31,32,36). The molecule has 0 atom stereocenters. The Morgan fingerprint density at radius 3 is 2.41 bits per heavy atom. The highest BCUT2D eigenvalue weighted by atomic mass is 35.5. The molecule has 0 aliphatic carbocycles. The lowest BCUT2D eigenvalue weighted by Gasteiger charge is -2.14. The number of carbonyl (C=O) groups excluding carboxylic acids is 1. The minimum absolute atomic E-state index is 0.0253. The van der Waals surface area contributed by atoms with E-state index < -0.39 is 17.8 Å². The zero-order valence-corrected chi connectivity index (χ0v) is 20.9. The van der Waals surface area contributed by atoms with Crippen molar-refractivity contribution in [1.29, 1.82) is 0 Å². The van der Waals surface area contributed by atoms with Gasteiger partial charge in [0.25, 0.3) is 0 Å². The molecule has 0 spiro atoms. The van der Waals surface area contributed by atoms with Crippen LogP contribution in [0, 0.1) is 12.7 Å². The van der Waals surface area contributed by atoms with Crippen molar-refractivity contribution in [3.63, 3.8) is 0 Å². The largest absolute Gasteiger partial charge is 0.416 e. The molecule has 192 valence electrons. The highest BCUT2D eigenvalue weighted by Crippen LogP contribution is 2.30. The number of rotatable bonds is 7. The second kappa shape index (κ2) is 11.2. The number of carbonyl (C=O) groups is 1. The summed E-state index contributed by atoms with van der Waals surface area (Å²) in [6.45, 7) is 1.87. The number of alkyl halides is 3. The third-order valence-electron chi connectivity index (χ3n) is 5.27. The Bertz CT molecular complexity index is 1390. The molecule has 2 amide bonds. The lowest BCUT2D eigenvalue weighted by atomic mass is 10.2. The van der Waals surface area contributed by atoms with Crippen LogP contribution in [0.4, 0.5) is 28.0 Å². The number of anilines is 1. The van der Waals surface area contributed by atoms with Crippen LogP contribution >= 0.6 is 23.4 Å². The third-order valence-corrected chi connectivity index (χ3v) is 6.51. The molecule has 1 heterocycles.